The first-order chi connectivity index (χ1) is 10.4. The predicted molar refractivity (Wildman–Crippen MR) is 87.3 cm³/mol. The summed E-state index contributed by atoms with van der Waals surface area (Å²) < 4.78 is 4.72. The fraction of sp³-hybridized carbons (Fsp3) is 0.765. The Morgan fingerprint density at radius 1 is 1.23 bits per heavy atom. The average Bonchev–Trinajstić information content (AvgIpc) is 2.47. The lowest BCUT2D eigenvalue weighted by atomic mass is 10.0. The largest absolute Gasteiger partial charge is 0.467 e. The number of aliphatic hydroxyl groups excluding tert-OH is 1. The van der Waals surface area contributed by atoms with E-state index >= 15 is 0 Å². The topological polar surface area (TPSA) is 75.6 Å². The predicted octanol–water partition coefficient (Wildman–Crippen LogP) is 2.58. The Kier molecular flexibility index (Phi) is 11.5. The molecule has 128 valence electrons. The Morgan fingerprint density at radius 3 is 2.41 bits per heavy atom. The van der Waals surface area contributed by atoms with Crippen molar-refractivity contribution in [2.24, 2.45) is 5.92 Å². The third kappa shape index (κ3) is 9.55. The molecule has 0 fully saturated rings. The molecule has 0 rings (SSSR count). The number of ether oxygens (including phenoxy) is 1. The smallest absolute Gasteiger partial charge is 0.328 e. The van der Waals surface area contributed by atoms with Gasteiger partial charge in [0.1, 0.15) is 12.1 Å². The van der Waals surface area contributed by atoms with E-state index < -0.39 is 24.0 Å². The number of nitrogens with one attached hydrogen (secondary N) is 1. The van der Waals surface area contributed by atoms with Crippen molar-refractivity contribution in [2.45, 2.75) is 70.9 Å². The zero-order valence-corrected chi connectivity index (χ0v) is 14.1. The van der Waals surface area contributed by atoms with E-state index in [-0.39, 0.29) is 5.92 Å². The molecule has 0 aromatic heterocycles. The van der Waals surface area contributed by atoms with Crippen molar-refractivity contribution in [2.75, 3.05) is 7.11 Å². The SMILES string of the molecule is C=CCCCCCC[C@H](NC(=O)[C@H](O)CC(C)C)C(=O)OC. The van der Waals surface area contributed by atoms with Gasteiger partial charge in [-0.1, -0.05) is 39.2 Å². The van der Waals surface area contributed by atoms with Gasteiger partial charge >= 0.3 is 5.97 Å². The number of unbranched alkanes of at least 4 members (excludes halogenated alkanes) is 4. The third-order valence-corrected chi connectivity index (χ3v) is 3.45. The van der Waals surface area contributed by atoms with Crippen molar-refractivity contribution >= 4 is 11.9 Å². The Labute approximate surface area is 134 Å². The molecule has 0 heterocycles. The van der Waals surface area contributed by atoms with Crippen molar-refractivity contribution in [1.29, 1.82) is 0 Å². The quantitative estimate of drug-likeness (QED) is 0.330. The number of hydrogen-bond donors (Lipinski definition) is 2. The van der Waals surface area contributed by atoms with Gasteiger partial charge in [0.25, 0.3) is 0 Å². The van der Waals surface area contributed by atoms with Crippen LogP contribution in [0, 0.1) is 5.92 Å². The van der Waals surface area contributed by atoms with Gasteiger partial charge in [-0.25, -0.2) is 4.79 Å². The molecule has 0 aromatic rings. The summed E-state index contributed by atoms with van der Waals surface area (Å²) in [5.41, 5.74) is 0. The molecule has 0 radical (unpaired) electrons. The average molecular weight is 313 g/mol. The summed E-state index contributed by atoms with van der Waals surface area (Å²) in [5.74, 6) is -0.755. The zero-order valence-electron chi connectivity index (χ0n) is 14.1. The van der Waals surface area contributed by atoms with E-state index in [1.165, 1.54) is 7.11 Å². The van der Waals surface area contributed by atoms with Crippen LogP contribution < -0.4 is 5.32 Å². The monoisotopic (exact) mass is 313 g/mol. The minimum atomic E-state index is -1.08. The van der Waals surface area contributed by atoms with Crippen molar-refractivity contribution in [3.63, 3.8) is 0 Å². The van der Waals surface area contributed by atoms with Gasteiger partial charge in [0.05, 0.1) is 7.11 Å². The van der Waals surface area contributed by atoms with Gasteiger partial charge in [0.15, 0.2) is 0 Å². The summed E-state index contributed by atoms with van der Waals surface area (Å²) in [6.07, 6.45) is 6.70. The first-order valence-corrected chi connectivity index (χ1v) is 8.09. The maximum absolute atomic E-state index is 11.9. The minimum Gasteiger partial charge on any atom is -0.467 e. The van der Waals surface area contributed by atoms with Crippen LogP contribution in [0.1, 0.15) is 58.8 Å². The number of carbonyl (C=O) groups excluding carboxylic acids is 2. The second-order valence-electron chi connectivity index (χ2n) is 6.01. The van der Waals surface area contributed by atoms with Crippen LogP contribution in [0.15, 0.2) is 12.7 Å². The molecule has 0 bridgehead atoms. The molecule has 2 atom stereocenters. The molecule has 1 amide bonds. The van der Waals surface area contributed by atoms with E-state index in [9.17, 15) is 14.7 Å². The molecule has 0 unspecified atom stereocenters. The van der Waals surface area contributed by atoms with E-state index in [1.807, 2.05) is 19.9 Å². The van der Waals surface area contributed by atoms with Crippen molar-refractivity contribution in [1.82, 2.24) is 5.32 Å². The van der Waals surface area contributed by atoms with E-state index in [0.717, 1.165) is 32.1 Å². The summed E-state index contributed by atoms with van der Waals surface area (Å²) in [7, 11) is 1.30. The highest BCUT2D eigenvalue weighted by molar-refractivity contribution is 5.86. The van der Waals surface area contributed by atoms with Crippen molar-refractivity contribution < 1.29 is 19.4 Å². The number of esters is 1. The van der Waals surface area contributed by atoms with Gasteiger partial charge in [-0.15, -0.1) is 6.58 Å². The van der Waals surface area contributed by atoms with Crippen LogP contribution in [0.4, 0.5) is 0 Å². The molecule has 0 aromatic carbocycles. The Hall–Kier alpha value is -1.36. The first-order valence-electron chi connectivity index (χ1n) is 8.09. The van der Waals surface area contributed by atoms with E-state index in [2.05, 4.69) is 11.9 Å². The molecule has 22 heavy (non-hydrogen) atoms. The summed E-state index contributed by atoms with van der Waals surface area (Å²) in [6, 6.07) is -0.682. The van der Waals surface area contributed by atoms with Crippen molar-refractivity contribution in [3.8, 4) is 0 Å². The van der Waals surface area contributed by atoms with E-state index in [1.54, 1.807) is 0 Å². The van der Waals surface area contributed by atoms with Gasteiger partial charge in [0, 0.05) is 0 Å². The summed E-state index contributed by atoms with van der Waals surface area (Å²) in [6.45, 7) is 7.53. The van der Waals surface area contributed by atoms with Crippen LogP contribution in [0.5, 0.6) is 0 Å². The molecule has 0 aliphatic carbocycles. The first kappa shape index (κ1) is 20.6. The van der Waals surface area contributed by atoms with E-state index in [4.69, 9.17) is 4.74 Å². The van der Waals surface area contributed by atoms with Gasteiger partial charge in [-0.05, 0) is 31.6 Å². The highest BCUT2D eigenvalue weighted by Gasteiger charge is 2.24. The third-order valence-electron chi connectivity index (χ3n) is 3.45. The van der Waals surface area contributed by atoms with Crippen LogP contribution in [0.2, 0.25) is 0 Å². The van der Waals surface area contributed by atoms with Gasteiger partial charge in [-0.2, -0.15) is 0 Å². The maximum atomic E-state index is 11.9. The zero-order chi connectivity index (χ0) is 17.0. The summed E-state index contributed by atoms with van der Waals surface area (Å²) in [4.78, 5) is 23.6. The molecule has 0 saturated carbocycles. The highest BCUT2D eigenvalue weighted by atomic mass is 16.5. The van der Waals surface area contributed by atoms with Crippen LogP contribution in [-0.2, 0) is 14.3 Å². The van der Waals surface area contributed by atoms with Crippen LogP contribution in [0.25, 0.3) is 0 Å². The Bertz CT molecular complexity index is 342. The standard InChI is InChI=1S/C17H31NO4/c1-5-6-7-8-9-10-11-14(17(21)22-4)18-16(20)15(19)12-13(2)3/h5,13-15,19H,1,6-12H2,2-4H3,(H,18,20)/t14-,15+/m0/s1. The lowest BCUT2D eigenvalue weighted by molar-refractivity contribution is -0.146. The van der Waals surface area contributed by atoms with E-state index in [0.29, 0.717) is 12.8 Å². The number of methoxy groups -OCH3 is 1. The number of allylic oxidation sites excluding steroid dienone is 1. The fourth-order valence-corrected chi connectivity index (χ4v) is 2.20. The Morgan fingerprint density at radius 2 is 1.86 bits per heavy atom. The second kappa shape index (κ2) is 12.2. The number of hydrogen-bond acceptors (Lipinski definition) is 4. The van der Waals surface area contributed by atoms with Gasteiger partial charge in [0.2, 0.25) is 5.91 Å². The number of carbonyl (C=O) groups is 2. The number of aliphatic hydroxyl groups is 1. The molecule has 0 saturated heterocycles. The van der Waals surface area contributed by atoms with Crippen molar-refractivity contribution in [3.05, 3.63) is 12.7 Å². The molecule has 5 heteroatoms. The molecule has 2 N–H and O–H groups in total. The second-order valence-corrected chi connectivity index (χ2v) is 6.01. The Balaban J connectivity index is 4.25. The van der Waals surface area contributed by atoms with Crippen LogP contribution in [0.3, 0.4) is 0 Å². The molecular formula is C17H31NO4. The van der Waals surface area contributed by atoms with Crippen LogP contribution in [-0.4, -0.2) is 36.2 Å². The lowest BCUT2D eigenvalue weighted by Crippen LogP contribution is -2.46. The summed E-state index contributed by atoms with van der Waals surface area (Å²) >= 11 is 0. The number of rotatable bonds is 12. The normalized spacial score (nSPS) is 13.5. The maximum Gasteiger partial charge on any atom is 0.328 e. The molecule has 0 spiro atoms. The number of amides is 1. The highest BCUT2D eigenvalue weighted by Crippen LogP contribution is 2.10. The van der Waals surface area contributed by atoms with Gasteiger partial charge < -0.3 is 15.2 Å². The molecule has 0 aliphatic rings. The molecular weight excluding hydrogens is 282 g/mol. The fourth-order valence-electron chi connectivity index (χ4n) is 2.20. The minimum absolute atomic E-state index is 0.210. The van der Waals surface area contributed by atoms with Crippen LogP contribution >= 0.6 is 0 Å². The molecule has 5 nitrogen and oxygen atoms in total. The molecule has 0 aliphatic heterocycles. The summed E-state index contributed by atoms with van der Waals surface area (Å²) in [5, 5.41) is 12.4. The van der Waals surface area contributed by atoms with Gasteiger partial charge in [-0.3, -0.25) is 4.79 Å². The lowest BCUT2D eigenvalue weighted by Gasteiger charge is -2.19.